The molecule has 0 radical (unpaired) electrons. The summed E-state index contributed by atoms with van der Waals surface area (Å²) in [5.74, 6) is 0. The zero-order chi connectivity index (χ0) is 12.9. The summed E-state index contributed by atoms with van der Waals surface area (Å²) in [5.41, 5.74) is 4.85. The van der Waals surface area contributed by atoms with E-state index in [-0.39, 0.29) is 0 Å². The van der Waals surface area contributed by atoms with E-state index in [1.807, 2.05) is 6.92 Å². The number of rotatable bonds is 6. The normalized spacial score (nSPS) is 30.2. The highest BCUT2D eigenvalue weighted by molar-refractivity contribution is 4.80. The molecular weight excluding hydrogens is 212 g/mol. The zero-order valence-electron chi connectivity index (χ0n) is 11.8. The van der Waals surface area contributed by atoms with Crippen molar-refractivity contribution in [2.75, 3.05) is 13.1 Å². The Balaban J connectivity index is 2.21. The molecule has 1 fully saturated rings. The lowest BCUT2D eigenvalue weighted by Gasteiger charge is -2.39. The first-order valence-corrected chi connectivity index (χ1v) is 7.14. The fourth-order valence-corrected chi connectivity index (χ4v) is 2.82. The molecule has 1 aliphatic rings. The second-order valence-corrected chi connectivity index (χ2v) is 6.02. The Morgan fingerprint density at radius 3 is 2.35 bits per heavy atom. The van der Waals surface area contributed by atoms with Gasteiger partial charge < -0.3 is 10.8 Å². The molecule has 0 aromatic rings. The number of nitrogens with zero attached hydrogens (tertiary/aromatic N) is 1. The van der Waals surface area contributed by atoms with E-state index in [2.05, 4.69) is 18.7 Å². The van der Waals surface area contributed by atoms with Crippen molar-refractivity contribution >= 4 is 0 Å². The van der Waals surface area contributed by atoms with Crippen LogP contribution >= 0.6 is 0 Å². The molecule has 0 aromatic carbocycles. The molecule has 0 aliphatic carbocycles. The van der Waals surface area contributed by atoms with E-state index in [0.29, 0.717) is 6.54 Å². The van der Waals surface area contributed by atoms with Crippen LogP contribution in [0.15, 0.2) is 0 Å². The molecule has 3 heteroatoms. The van der Waals surface area contributed by atoms with Crippen LogP contribution in [0.2, 0.25) is 0 Å². The molecule has 3 N–H and O–H groups in total. The molecule has 1 heterocycles. The van der Waals surface area contributed by atoms with Crippen molar-refractivity contribution in [3.05, 3.63) is 0 Å². The lowest BCUT2D eigenvalue weighted by molar-refractivity contribution is 0.0530. The van der Waals surface area contributed by atoms with E-state index in [4.69, 9.17) is 5.73 Å². The maximum absolute atomic E-state index is 9.83. The number of unbranched alkanes of at least 4 members (excludes halogenated alkanes) is 1. The molecule has 3 atom stereocenters. The standard InChI is InChI=1S/C14H30N2O/c1-12-7-6-8-13(2)16(12)10-5-4-9-14(3,17)11-15/h12-13,17H,4-11,15H2,1-3H3/t12-,13+,14?. The van der Waals surface area contributed by atoms with Gasteiger partial charge in [-0.1, -0.05) is 6.42 Å². The second kappa shape index (κ2) is 6.72. The summed E-state index contributed by atoms with van der Waals surface area (Å²) in [7, 11) is 0. The monoisotopic (exact) mass is 242 g/mol. The molecule has 17 heavy (non-hydrogen) atoms. The fourth-order valence-electron chi connectivity index (χ4n) is 2.82. The van der Waals surface area contributed by atoms with Crippen LogP contribution in [0.4, 0.5) is 0 Å². The third-order valence-electron chi connectivity index (χ3n) is 4.20. The van der Waals surface area contributed by atoms with Crippen molar-refractivity contribution in [3.8, 4) is 0 Å². The van der Waals surface area contributed by atoms with Crippen LogP contribution in [0.25, 0.3) is 0 Å². The second-order valence-electron chi connectivity index (χ2n) is 6.02. The van der Waals surface area contributed by atoms with Gasteiger partial charge in [0.1, 0.15) is 0 Å². The Morgan fingerprint density at radius 1 is 1.24 bits per heavy atom. The molecule has 1 saturated heterocycles. The van der Waals surface area contributed by atoms with Crippen molar-refractivity contribution < 1.29 is 5.11 Å². The number of nitrogens with two attached hydrogens (primary N) is 1. The van der Waals surface area contributed by atoms with E-state index < -0.39 is 5.60 Å². The van der Waals surface area contributed by atoms with Gasteiger partial charge in [-0.2, -0.15) is 0 Å². The maximum Gasteiger partial charge on any atom is 0.0741 e. The Hall–Kier alpha value is -0.120. The predicted molar refractivity (Wildman–Crippen MR) is 73.0 cm³/mol. The van der Waals surface area contributed by atoms with Crippen molar-refractivity contribution in [2.24, 2.45) is 5.73 Å². The summed E-state index contributed by atoms with van der Waals surface area (Å²) in [6.45, 7) is 8.04. The van der Waals surface area contributed by atoms with Crippen molar-refractivity contribution in [2.45, 2.75) is 77.0 Å². The lowest BCUT2D eigenvalue weighted by atomic mass is 9.96. The largest absolute Gasteiger partial charge is 0.389 e. The van der Waals surface area contributed by atoms with Crippen molar-refractivity contribution in [1.29, 1.82) is 0 Å². The van der Waals surface area contributed by atoms with Gasteiger partial charge in [-0.25, -0.2) is 0 Å². The van der Waals surface area contributed by atoms with Crippen molar-refractivity contribution in [1.82, 2.24) is 4.90 Å². The summed E-state index contributed by atoms with van der Waals surface area (Å²) in [4.78, 5) is 2.63. The predicted octanol–water partition coefficient (Wildman–Crippen LogP) is 2.13. The van der Waals surface area contributed by atoms with E-state index >= 15 is 0 Å². The minimum atomic E-state index is -0.668. The van der Waals surface area contributed by atoms with E-state index in [9.17, 15) is 5.11 Å². The number of aliphatic hydroxyl groups is 1. The van der Waals surface area contributed by atoms with Crippen LogP contribution in [0.1, 0.15) is 59.3 Å². The molecule has 1 rings (SSSR count). The van der Waals surface area contributed by atoms with Gasteiger partial charge in [0.15, 0.2) is 0 Å². The number of hydrogen-bond donors (Lipinski definition) is 2. The first kappa shape index (κ1) is 14.9. The summed E-state index contributed by atoms with van der Waals surface area (Å²) in [6.07, 6.45) is 7.11. The van der Waals surface area contributed by atoms with Crippen LogP contribution in [-0.2, 0) is 0 Å². The zero-order valence-corrected chi connectivity index (χ0v) is 11.8. The quantitative estimate of drug-likeness (QED) is 0.702. The maximum atomic E-state index is 9.83. The number of hydrogen-bond acceptors (Lipinski definition) is 3. The van der Waals surface area contributed by atoms with Crippen LogP contribution in [-0.4, -0.2) is 40.8 Å². The van der Waals surface area contributed by atoms with E-state index in [1.54, 1.807) is 0 Å². The molecule has 0 amide bonds. The molecule has 0 spiro atoms. The van der Waals surface area contributed by atoms with Crippen LogP contribution in [0.3, 0.4) is 0 Å². The summed E-state index contributed by atoms with van der Waals surface area (Å²) in [5, 5.41) is 9.83. The first-order valence-electron chi connectivity index (χ1n) is 7.14. The smallest absolute Gasteiger partial charge is 0.0741 e. The summed E-state index contributed by atoms with van der Waals surface area (Å²) in [6, 6.07) is 1.46. The molecular formula is C14H30N2O. The number of likely N-dealkylation sites (tertiary alicyclic amines) is 1. The third kappa shape index (κ3) is 4.94. The highest BCUT2D eigenvalue weighted by Crippen LogP contribution is 2.23. The van der Waals surface area contributed by atoms with E-state index in [0.717, 1.165) is 24.9 Å². The third-order valence-corrected chi connectivity index (χ3v) is 4.20. The van der Waals surface area contributed by atoms with Gasteiger partial charge in [-0.3, -0.25) is 4.90 Å². The van der Waals surface area contributed by atoms with Gasteiger partial charge >= 0.3 is 0 Å². The van der Waals surface area contributed by atoms with Gasteiger partial charge in [0.05, 0.1) is 5.60 Å². The van der Waals surface area contributed by atoms with E-state index in [1.165, 1.54) is 32.2 Å². The van der Waals surface area contributed by atoms with Crippen LogP contribution in [0, 0.1) is 0 Å². The van der Waals surface area contributed by atoms with Gasteiger partial charge in [-0.05, 0) is 59.4 Å². The van der Waals surface area contributed by atoms with Gasteiger partial charge in [0.25, 0.3) is 0 Å². The molecule has 0 aromatic heterocycles. The Bertz CT molecular complexity index is 208. The van der Waals surface area contributed by atoms with Gasteiger partial charge in [-0.15, -0.1) is 0 Å². The molecule has 0 saturated carbocycles. The Morgan fingerprint density at radius 2 is 1.82 bits per heavy atom. The minimum absolute atomic E-state index is 0.365. The van der Waals surface area contributed by atoms with Crippen LogP contribution in [0.5, 0.6) is 0 Å². The Kier molecular flexibility index (Phi) is 5.90. The Labute approximate surface area is 106 Å². The molecule has 3 nitrogen and oxygen atoms in total. The molecule has 0 bridgehead atoms. The molecule has 1 unspecified atom stereocenters. The average Bonchev–Trinajstić information content (AvgIpc) is 2.27. The first-order chi connectivity index (χ1) is 7.96. The van der Waals surface area contributed by atoms with Crippen molar-refractivity contribution in [3.63, 3.8) is 0 Å². The number of piperidine rings is 1. The SMILES string of the molecule is C[C@@H]1CCC[C@H](C)N1CCCCC(C)(O)CN. The highest BCUT2D eigenvalue weighted by atomic mass is 16.3. The lowest BCUT2D eigenvalue weighted by Crippen LogP contribution is -2.44. The fraction of sp³-hybridized carbons (Fsp3) is 1.00. The minimum Gasteiger partial charge on any atom is -0.389 e. The van der Waals surface area contributed by atoms with Gasteiger partial charge in [0, 0.05) is 18.6 Å². The average molecular weight is 242 g/mol. The summed E-state index contributed by atoms with van der Waals surface area (Å²) < 4.78 is 0. The summed E-state index contributed by atoms with van der Waals surface area (Å²) >= 11 is 0. The van der Waals surface area contributed by atoms with Crippen LogP contribution < -0.4 is 5.73 Å². The topological polar surface area (TPSA) is 49.5 Å². The highest BCUT2D eigenvalue weighted by Gasteiger charge is 2.24. The molecule has 1 aliphatic heterocycles. The van der Waals surface area contributed by atoms with Gasteiger partial charge in [0.2, 0.25) is 0 Å². The molecule has 102 valence electrons.